The third-order valence-corrected chi connectivity index (χ3v) is 5.41. The first-order valence-electron chi connectivity index (χ1n) is 9.79. The molecule has 3 heterocycles. The van der Waals surface area contributed by atoms with E-state index < -0.39 is 0 Å². The van der Waals surface area contributed by atoms with Crippen molar-refractivity contribution >= 4 is 16.6 Å². The minimum atomic E-state index is 0.0288. The molecule has 0 radical (unpaired) electrons. The summed E-state index contributed by atoms with van der Waals surface area (Å²) in [6.07, 6.45) is 1.85. The Morgan fingerprint density at radius 3 is 2.70 bits per heavy atom. The maximum atomic E-state index is 12.6. The second kappa shape index (κ2) is 7.96. The Kier molecular flexibility index (Phi) is 5.43. The zero-order valence-electron chi connectivity index (χ0n) is 16.1. The summed E-state index contributed by atoms with van der Waals surface area (Å²) < 4.78 is 12.9. The molecule has 0 spiro atoms. The van der Waals surface area contributed by atoms with Gasteiger partial charge in [-0.3, -0.25) is 14.3 Å². The molecule has 2 aliphatic heterocycles. The summed E-state index contributed by atoms with van der Waals surface area (Å²) in [6.45, 7) is 11.0. The Morgan fingerprint density at radius 2 is 2.00 bits per heavy atom. The van der Waals surface area contributed by atoms with Gasteiger partial charge in [0, 0.05) is 44.5 Å². The quantitative estimate of drug-likeness (QED) is 0.811. The van der Waals surface area contributed by atoms with E-state index in [1.165, 1.54) is 0 Å². The van der Waals surface area contributed by atoms with Gasteiger partial charge in [0.15, 0.2) is 0 Å². The van der Waals surface area contributed by atoms with Crippen molar-refractivity contribution in [3.05, 3.63) is 34.9 Å². The second-order valence-corrected chi connectivity index (χ2v) is 7.61. The predicted octanol–water partition coefficient (Wildman–Crippen LogP) is 1.51. The SMILES string of the molecule is CC(C)n1cnc2cc(N3CCN(CC4COCCO4)CC3)ccc2c1=O. The van der Waals surface area contributed by atoms with Crippen LogP contribution in [0.2, 0.25) is 0 Å². The molecular weight excluding hydrogens is 344 g/mol. The lowest BCUT2D eigenvalue weighted by molar-refractivity contribution is -0.0977. The molecule has 4 rings (SSSR count). The van der Waals surface area contributed by atoms with Crippen molar-refractivity contribution in [3.63, 3.8) is 0 Å². The van der Waals surface area contributed by atoms with E-state index in [9.17, 15) is 4.79 Å². The first kappa shape index (κ1) is 18.4. The average molecular weight is 372 g/mol. The van der Waals surface area contributed by atoms with Crippen molar-refractivity contribution in [2.75, 3.05) is 57.4 Å². The van der Waals surface area contributed by atoms with Gasteiger partial charge in [-0.05, 0) is 32.0 Å². The number of hydrogen-bond donors (Lipinski definition) is 0. The molecule has 0 N–H and O–H groups in total. The molecule has 1 unspecified atom stereocenters. The minimum Gasteiger partial charge on any atom is -0.376 e. The van der Waals surface area contributed by atoms with Gasteiger partial charge in [-0.25, -0.2) is 4.98 Å². The molecule has 2 fully saturated rings. The molecule has 1 aromatic heterocycles. The zero-order valence-corrected chi connectivity index (χ0v) is 16.1. The van der Waals surface area contributed by atoms with E-state index in [1.54, 1.807) is 10.9 Å². The summed E-state index contributed by atoms with van der Waals surface area (Å²) in [5.74, 6) is 0. The van der Waals surface area contributed by atoms with Crippen molar-refractivity contribution in [3.8, 4) is 0 Å². The van der Waals surface area contributed by atoms with E-state index in [0.717, 1.165) is 43.9 Å². The Labute approximate surface area is 159 Å². The van der Waals surface area contributed by atoms with E-state index in [4.69, 9.17) is 9.47 Å². The molecular formula is C20H28N4O3. The highest BCUT2D eigenvalue weighted by Crippen LogP contribution is 2.21. The largest absolute Gasteiger partial charge is 0.376 e. The Balaban J connectivity index is 1.43. The van der Waals surface area contributed by atoms with Gasteiger partial charge < -0.3 is 14.4 Å². The molecule has 0 amide bonds. The topological polar surface area (TPSA) is 59.8 Å². The molecule has 2 aliphatic rings. The average Bonchev–Trinajstić information content (AvgIpc) is 2.69. The van der Waals surface area contributed by atoms with Crippen LogP contribution in [0.5, 0.6) is 0 Å². The molecule has 2 aromatic rings. The molecule has 0 bridgehead atoms. The van der Waals surface area contributed by atoms with Crippen LogP contribution in [0.4, 0.5) is 5.69 Å². The Bertz CT molecular complexity index is 837. The summed E-state index contributed by atoms with van der Waals surface area (Å²) >= 11 is 0. The summed E-state index contributed by atoms with van der Waals surface area (Å²) in [6, 6.07) is 6.11. The van der Waals surface area contributed by atoms with Crippen LogP contribution in [-0.4, -0.2) is 73.1 Å². The highest BCUT2D eigenvalue weighted by molar-refractivity contribution is 5.81. The monoisotopic (exact) mass is 372 g/mol. The van der Waals surface area contributed by atoms with Crippen LogP contribution in [0.15, 0.2) is 29.3 Å². The summed E-state index contributed by atoms with van der Waals surface area (Å²) in [4.78, 5) is 21.9. The summed E-state index contributed by atoms with van der Waals surface area (Å²) in [5.41, 5.74) is 1.93. The van der Waals surface area contributed by atoms with Crippen molar-refractivity contribution in [2.24, 2.45) is 0 Å². The van der Waals surface area contributed by atoms with Gasteiger partial charge in [-0.2, -0.15) is 0 Å². The number of benzene rings is 1. The first-order chi connectivity index (χ1) is 13.1. The van der Waals surface area contributed by atoms with Gasteiger partial charge >= 0.3 is 0 Å². The number of piperazine rings is 1. The third kappa shape index (κ3) is 4.00. The molecule has 0 saturated carbocycles. The smallest absolute Gasteiger partial charge is 0.261 e. The lowest BCUT2D eigenvalue weighted by Crippen LogP contribution is -2.50. The fourth-order valence-electron chi connectivity index (χ4n) is 3.81. The van der Waals surface area contributed by atoms with Crippen LogP contribution < -0.4 is 10.5 Å². The number of hydrogen-bond acceptors (Lipinski definition) is 6. The Morgan fingerprint density at radius 1 is 1.19 bits per heavy atom. The normalized spacial score (nSPS) is 21.9. The summed E-state index contributed by atoms with van der Waals surface area (Å²) in [5, 5.41) is 0.683. The van der Waals surface area contributed by atoms with Crippen LogP contribution in [0.3, 0.4) is 0 Å². The van der Waals surface area contributed by atoms with E-state index in [2.05, 4.69) is 14.8 Å². The van der Waals surface area contributed by atoms with Crippen molar-refractivity contribution < 1.29 is 9.47 Å². The third-order valence-electron chi connectivity index (χ3n) is 5.41. The van der Waals surface area contributed by atoms with E-state index >= 15 is 0 Å². The standard InChI is InChI=1S/C20H28N4O3/c1-15(2)24-14-21-19-11-16(3-4-18(19)20(24)25)23-7-5-22(6-8-23)12-17-13-26-9-10-27-17/h3-4,11,14-15,17H,5-10,12-13H2,1-2H3. The molecule has 0 aliphatic carbocycles. The lowest BCUT2D eigenvalue weighted by atomic mass is 10.2. The van der Waals surface area contributed by atoms with Crippen LogP contribution in [-0.2, 0) is 9.47 Å². The number of ether oxygens (including phenoxy) is 2. The maximum absolute atomic E-state index is 12.6. The van der Waals surface area contributed by atoms with Crippen LogP contribution in [0.25, 0.3) is 10.9 Å². The lowest BCUT2D eigenvalue weighted by Gasteiger charge is -2.38. The minimum absolute atomic E-state index is 0.0288. The molecule has 146 valence electrons. The van der Waals surface area contributed by atoms with Gasteiger partial charge in [0.05, 0.1) is 43.2 Å². The Hall–Kier alpha value is -1.96. The van der Waals surface area contributed by atoms with Crippen LogP contribution >= 0.6 is 0 Å². The van der Waals surface area contributed by atoms with Gasteiger partial charge in [-0.1, -0.05) is 0 Å². The van der Waals surface area contributed by atoms with E-state index in [1.807, 2.05) is 32.0 Å². The molecule has 2 saturated heterocycles. The predicted molar refractivity (Wildman–Crippen MR) is 106 cm³/mol. The molecule has 1 aromatic carbocycles. The van der Waals surface area contributed by atoms with Crippen molar-refractivity contribution in [1.29, 1.82) is 0 Å². The maximum Gasteiger partial charge on any atom is 0.261 e. The van der Waals surface area contributed by atoms with Gasteiger partial charge in [-0.15, -0.1) is 0 Å². The summed E-state index contributed by atoms with van der Waals surface area (Å²) in [7, 11) is 0. The van der Waals surface area contributed by atoms with E-state index in [-0.39, 0.29) is 17.7 Å². The highest BCUT2D eigenvalue weighted by atomic mass is 16.6. The fraction of sp³-hybridized carbons (Fsp3) is 0.600. The fourth-order valence-corrected chi connectivity index (χ4v) is 3.81. The van der Waals surface area contributed by atoms with Crippen LogP contribution in [0, 0.1) is 0 Å². The number of anilines is 1. The number of nitrogens with zero attached hydrogens (tertiary/aromatic N) is 4. The number of rotatable bonds is 4. The zero-order chi connectivity index (χ0) is 18.8. The van der Waals surface area contributed by atoms with Crippen LogP contribution in [0.1, 0.15) is 19.9 Å². The first-order valence-corrected chi connectivity index (χ1v) is 9.79. The van der Waals surface area contributed by atoms with Crippen molar-refractivity contribution in [1.82, 2.24) is 14.5 Å². The number of fused-ring (bicyclic) bond motifs is 1. The number of aromatic nitrogens is 2. The van der Waals surface area contributed by atoms with Gasteiger partial charge in [0.25, 0.3) is 5.56 Å². The molecule has 1 atom stereocenters. The van der Waals surface area contributed by atoms with Crippen molar-refractivity contribution in [2.45, 2.75) is 26.0 Å². The highest BCUT2D eigenvalue weighted by Gasteiger charge is 2.22. The van der Waals surface area contributed by atoms with Gasteiger partial charge in [0.2, 0.25) is 0 Å². The van der Waals surface area contributed by atoms with E-state index in [0.29, 0.717) is 25.2 Å². The van der Waals surface area contributed by atoms with Gasteiger partial charge in [0.1, 0.15) is 0 Å². The molecule has 7 nitrogen and oxygen atoms in total. The molecule has 27 heavy (non-hydrogen) atoms. The molecule has 7 heteroatoms. The second-order valence-electron chi connectivity index (χ2n) is 7.61.